The Morgan fingerprint density at radius 2 is 2.11 bits per heavy atom. The normalized spacial score (nSPS) is 10.7. The minimum atomic E-state index is -0.460. The lowest BCUT2D eigenvalue weighted by Crippen LogP contribution is -2.14. The molecule has 1 amide bonds. The molecular weight excluding hydrogens is 437 g/mol. The first-order chi connectivity index (χ1) is 13.6. The summed E-state index contributed by atoms with van der Waals surface area (Å²) in [5, 5.41) is 13.5. The lowest BCUT2D eigenvalue weighted by Gasteiger charge is -2.07. The van der Waals surface area contributed by atoms with E-state index in [-0.39, 0.29) is 16.0 Å². The molecular formula is C17H13BrFN5O4. The number of para-hydroxylation sites is 1. The van der Waals surface area contributed by atoms with Crippen LogP contribution >= 0.6 is 15.9 Å². The summed E-state index contributed by atoms with van der Waals surface area (Å²) in [6, 6.07) is 10.9. The maximum atomic E-state index is 13.2. The second-order valence-corrected chi connectivity index (χ2v) is 6.06. The zero-order valence-corrected chi connectivity index (χ0v) is 15.9. The molecule has 9 nitrogen and oxygen atoms in total. The van der Waals surface area contributed by atoms with Crippen molar-refractivity contribution in [2.24, 2.45) is 5.16 Å². The number of oxime groups is 1. The number of nitrogens with one attached hydrogen (secondary N) is 2. The predicted molar refractivity (Wildman–Crippen MR) is 102 cm³/mol. The molecule has 0 saturated carbocycles. The number of aromatic nitrogens is 2. The molecule has 11 heteroatoms. The van der Waals surface area contributed by atoms with Gasteiger partial charge in [0.1, 0.15) is 17.8 Å². The summed E-state index contributed by atoms with van der Waals surface area (Å²) in [4.78, 5) is 17.3. The Morgan fingerprint density at radius 3 is 2.89 bits per heavy atom. The Bertz CT molecular complexity index is 1010. The van der Waals surface area contributed by atoms with E-state index in [2.05, 4.69) is 46.8 Å². The van der Waals surface area contributed by atoms with Gasteiger partial charge in [0, 0.05) is 0 Å². The smallest absolute Gasteiger partial charge is 0.260 e. The van der Waals surface area contributed by atoms with Crippen LogP contribution in [0.1, 0.15) is 16.1 Å². The molecule has 2 N–H and O–H groups in total. The summed E-state index contributed by atoms with van der Waals surface area (Å²) in [5.41, 5.74) is 3.41. The number of amides is 1. The van der Waals surface area contributed by atoms with Crippen LogP contribution in [0.15, 0.2) is 56.7 Å². The van der Waals surface area contributed by atoms with Gasteiger partial charge in [-0.3, -0.25) is 9.73 Å². The SMILES string of the molecule is COc1ccccc1C(=O)Nc1nonc1/C=N/ONc1ccc(F)c(Br)c1. The van der Waals surface area contributed by atoms with Crippen LogP contribution in [0.4, 0.5) is 15.9 Å². The maximum Gasteiger partial charge on any atom is 0.260 e. The van der Waals surface area contributed by atoms with E-state index in [1.54, 1.807) is 24.3 Å². The zero-order chi connectivity index (χ0) is 19.9. The van der Waals surface area contributed by atoms with Gasteiger partial charge >= 0.3 is 0 Å². The Morgan fingerprint density at radius 1 is 1.29 bits per heavy atom. The van der Waals surface area contributed by atoms with Gasteiger partial charge in [-0.1, -0.05) is 17.3 Å². The van der Waals surface area contributed by atoms with Crippen LogP contribution in [0.25, 0.3) is 0 Å². The number of ether oxygens (including phenoxy) is 1. The number of hydrogen-bond acceptors (Lipinski definition) is 8. The topological polar surface area (TPSA) is 111 Å². The van der Waals surface area contributed by atoms with E-state index in [0.29, 0.717) is 17.0 Å². The minimum absolute atomic E-state index is 0.0489. The Balaban J connectivity index is 1.62. The molecule has 3 aromatic rings. The number of halogens is 2. The Kier molecular flexibility index (Phi) is 6.17. The molecule has 0 spiro atoms. The number of anilines is 2. The van der Waals surface area contributed by atoms with Crippen molar-refractivity contribution < 1.29 is 23.5 Å². The van der Waals surface area contributed by atoms with Crippen LogP contribution in [0.2, 0.25) is 0 Å². The summed E-state index contributed by atoms with van der Waals surface area (Å²) in [6.07, 6.45) is 1.18. The van der Waals surface area contributed by atoms with Crippen molar-refractivity contribution in [3.8, 4) is 5.75 Å². The van der Waals surface area contributed by atoms with Crippen LogP contribution in [-0.4, -0.2) is 29.5 Å². The minimum Gasteiger partial charge on any atom is -0.496 e. The molecule has 1 heterocycles. The van der Waals surface area contributed by atoms with Gasteiger partial charge in [-0.2, -0.15) is 5.48 Å². The monoisotopic (exact) mass is 449 g/mol. The fraction of sp³-hybridized carbons (Fsp3) is 0.0588. The predicted octanol–water partition coefficient (Wildman–Crippen LogP) is 3.61. The van der Waals surface area contributed by atoms with Gasteiger partial charge in [-0.25, -0.2) is 9.02 Å². The third-order valence-corrected chi connectivity index (χ3v) is 4.02. The number of benzene rings is 2. The van der Waals surface area contributed by atoms with Gasteiger partial charge in [0.2, 0.25) is 5.82 Å². The molecule has 144 valence electrons. The van der Waals surface area contributed by atoms with E-state index in [4.69, 9.17) is 9.68 Å². The summed E-state index contributed by atoms with van der Waals surface area (Å²) in [6.45, 7) is 0. The van der Waals surface area contributed by atoms with Crippen molar-refractivity contribution in [2.45, 2.75) is 0 Å². The van der Waals surface area contributed by atoms with E-state index in [1.165, 1.54) is 31.5 Å². The molecule has 0 fully saturated rings. The second-order valence-electron chi connectivity index (χ2n) is 5.21. The fourth-order valence-electron chi connectivity index (χ4n) is 2.09. The average molecular weight is 450 g/mol. The largest absolute Gasteiger partial charge is 0.496 e. The maximum absolute atomic E-state index is 13.2. The van der Waals surface area contributed by atoms with Crippen LogP contribution in [0.3, 0.4) is 0 Å². The molecule has 0 aliphatic carbocycles. The highest BCUT2D eigenvalue weighted by Crippen LogP contribution is 2.20. The number of hydrogen-bond donors (Lipinski definition) is 2. The van der Waals surface area contributed by atoms with Gasteiger partial charge in [0.15, 0.2) is 5.69 Å². The lowest BCUT2D eigenvalue weighted by atomic mass is 10.2. The number of rotatable bonds is 7. The quantitative estimate of drug-likeness (QED) is 0.418. The van der Waals surface area contributed by atoms with Gasteiger partial charge in [-0.05, 0) is 56.6 Å². The summed E-state index contributed by atoms with van der Waals surface area (Å²) in [5.74, 6) is -0.409. The second kappa shape index (κ2) is 8.95. The Labute approximate surface area is 166 Å². The third kappa shape index (κ3) is 4.62. The molecule has 0 radical (unpaired) electrons. The van der Waals surface area contributed by atoms with E-state index in [1.807, 2.05) is 0 Å². The lowest BCUT2D eigenvalue weighted by molar-refractivity contribution is 0.102. The van der Waals surface area contributed by atoms with Crippen molar-refractivity contribution in [3.05, 3.63) is 64.0 Å². The first-order valence-corrected chi connectivity index (χ1v) is 8.55. The highest BCUT2D eigenvalue weighted by Gasteiger charge is 2.16. The molecule has 0 unspecified atom stereocenters. The summed E-state index contributed by atoms with van der Waals surface area (Å²) in [7, 11) is 1.46. The van der Waals surface area contributed by atoms with Gasteiger partial charge in [0.25, 0.3) is 5.91 Å². The third-order valence-electron chi connectivity index (χ3n) is 3.41. The molecule has 0 atom stereocenters. The van der Waals surface area contributed by atoms with E-state index >= 15 is 0 Å². The van der Waals surface area contributed by atoms with E-state index in [9.17, 15) is 9.18 Å². The molecule has 0 aliphatic rings. The first kappa shape index (κ1) is 19.3. The van der Waals surface area contributed by atoms with Crippen molar-refractivity contribution in [1.29, 1.82) is 0 Å². The van der Waals surface area contributed by atoms with E-state index < -0.39 is 11.7 Å². The number of methoxy groups -OCH3 is 1. The van der Waals surface area contributed by atoms with Crippen molar-refractivity contribution >= 4 is 39.6 Å². The Hall–Kier alpha value is -3.47. The zero-order valence-electron chi connectivity index (χ0n) is 14.3. The van der Waals surface area contributed by atoms with Crippen molar-refractivity contribution in [3.63, 3.8) is 0 Å². The van der Waals surface area contributed by atoms with Crippen LogP contribution in [0.5, 0.6) is 5.75 Å². The van der Waals surface area contributed by atoms with E-state index in [0.717, 1.165) is 0 Å². The van der Waals surface area contributed by atoms with Crippen molar-refractivity contribution in [2.75, 3.05) is 17.9 Å². The molecule has 0 bridgehead atoms. The molecule has 0 saturated heterocycles. The van der Waals surface area contributed by atoms with Gasteiger partial charge in [0.05, 0.1) is 22.8 Å². The highest BCUT2D eigenvalue weighted by atomic mass is 79.9. The van der Waals surface area contributed by atoms with Crippen LogP contribution in [0, 0.1) is 5.82 Å². The molecule has 3 rings (SSSR count). The number of nitrogens with zero attached hydrogens (tertiary/aromatic N) is 3. The number of carbonyl (C=O) groups excluding carboxylic acids is 1. The van der Waals surface area contributed by atoms with Crippen LogP contribution in [-0.2, 0) is 4.94 Å². The molecule has 1 aromatic heterocycles. The summed E-state index contributed by atoms with van der Waals surface area (Å²) < 4.78 is 23.2. The first-order valence-electron chi connectivity index (χ1n) is 7.76. The van der Waals surface area contributed by atoms with Gasteiger partial charge in [-0.15, -0.1) is 0 Å². The highest BCUT2D eigenvalue weighted by molar-refractivity contribution is 9.10. The fourth-order valence-corrected chi connectivity index (χ4v) is 2.47. The van der Waals surface area contributed by atoms with Gasteiger partial charge < -0.3 is 10.1 Å². The molecule has 28 heavy (non-hydrogen) atoms. The standard InChI is InChI=1S/C17H13BrFN5O4/c1-26-15-5-3-2-4-11(15)17(25)21-16-14(23-28-24-16)9-20-27-22-10-6-7-13(19)12(18)8-10/h2-9,22H,1H3,(H,21,24,25)/b20-9+. The molecule has 2 aromatic carbocycles. The molecule has 0 aliphatic heterocycles. The summed E-state index contributed by atoms with van der Waals surface area (Å²) >= 11 is 3.06. The van der Waals surface area contributed by atoms with Crippen molar-refractivity contribution in [1.82, 2.24) is 10.3 Å². The van der Waals surface area contributed by atoms with Crippen LogP contribution < -0.4 is 15.5 Å². The number of carbonyl (C=O) groups is 1. The average Bonchev–Trinajstić information content (AvgIpc) is 3.14.